The van der Waals surface area contributed by atoms with Gasteiger partial charge in [0.05, 0.1) is 10.6 Å². The van der Waals surface area contributed by atoms with E-state index >= 15 is 0 Å². The first-order valence-corrected chi connectivity index (χ1v) is 7.94. The van der Waals surface area contributed by atoms with Crippen LogP contribution in [-0.4, -0.2) is 14.2 Å². The Morgan fingerprint density at radius 1 is 1.24 bits per heavy atom. The molecular weight excluding hydrogens is 232 g/mol. The Bertz CT molecular complexity index is 409. The highest BCUT2D eigenvalue weighted by molar-refractivity contribution is 7.91. The van der Waals surface area contributed by atoms with E-state index in [-0.39, 0.29) is 11.7 Å². The third-order valence-corrected chi connectivity index (χ3v) is 4.95. The van der Waals surface area contributed by atoms with Crippen LogP contribution in [0.5, 0.6) is 0 Å². The molecule has 3 heteroatoms. The van der Waals surface area contributed by atoms with E-state index in [1.54, 1.807) is 24.3 Å². The van der Waals surface area contributed by atoms with E-state index in [0.717, 1.165) is 25.7 Å². The molecule has 1 radical (unpaired) electrons. The number of rotatable bonds is 7. The van der Waals surface area contributed by atoms with E-state index in [1.165, 1.54) is 0 Å². The van der Waals surface area contributed by atoms with Crippen LogP contribution in [0.25, 0.3) is 0 Å². The van der Waals surface area contributed by atoms with Gasteiger partial charge in [-0.15, -0.1) is 0 Å². The predicted octanol–water partition coefficient (Wildman–Crippen LogP) is 3.48. The van der Waals surface area contributed by atoms with E-state index in [2.05, 4.69) is 19.9 Å². The molecule has 0 amide bonds. The fourth-order valence-corrected chi connectivity index (χ4v) is 3.65. The molecule has 0 bridgehead atoms. The smallest absolute Gasteiger partial charge is 0.178 e. The number of hydrogen-bond acceptors (Lipinski definition) is 2. The Hall–Kier alpha value is -0.830. The van der Waals surface area contributed by atoms with Crippen LogP contribution in [0, 0.1) is 12.0 Å². The maximum absolute atomic E-state index is 12.2. The van der Waals surface area contributed by atoms with Crippen molar-refractivity contribution < 1.29 is 8.42 Å². The summed E-state index contributed by atoms with van der Waals surface area (Å²) in [6, 6.07) is 9.40. The molecule has 1 atom stereocenters. The zero-order valence-electron chi connectivity index (χ0n) is 10.6. The quantitative estimate of drug-likeness (QED) is 0.745. The minimum atomic E-state index is -3.12. The number of sulfone groups is 1. The van der Waals surface area contributed by atoms with Gasteiger partial charge in [0.25, 0.3) is 0 Å². The summed E-state index contributed by atoms with van der Waals surface area (Å²) in [4.78, 5) is 0.422. The second kappa shape index (κ2) is 6.80. The zero-order valence-corrected chi connectivity index (χ0v) is 11.5. The third kappa shape index (κ3) is 4.50. The lowest BCUT2D eigenvalue weighted by atomic mass is 10.0. The Balaban J connectivity index is 2.72. The van der Waals surface area contributed by atoms with Crippen LogP contribution in [0.3, 0.4) is 0 Å². The Morgan fingerprint density at radius 3 is 2.41 bits per heavy atom. The summed E-state index contributed by atoms with van der Waals surface area (Å²) < 4.78 is 24.3. The van der Waals surface area contributed by atoms with Gasteiger partial charge in [-0.2, -0.15) is 0 Å². The van der Waals surface area contributed by atoms with Crippen molar-refractivity contribution in [2.24, 2.45) is 5.92 Å². The summed E-state index contributed by atoms with van der Waals surface area (Å²) in [5, 5.41) is 0. The summed E-state index contributed by atoms with van der Waals surface area (Å²) in [6.45, 7) is 4.20. The SMILES string of the molecule is CCCCC(CC)CS(=O)(=O)c1cc[c]cc1. The van der Waals surface area contributed by atoms with Gasteiger partial charge in [0.2, 0.25) is 0 Å². The molecule has 17 heavy (non-hydrogen) atoms. The molecule has 0 heterocycles. The summed E-state index contributed by atoms with van der Waals surface area (Å²) in [6.07, 6.45) is 4.16. The van der Waals surface area contributed by atoms with Gasteiger partial charge >= 0.3 is 0 Å². The molecule has 95 valence electrons. The molecule has 0 N–H and O–H groups in total. The van der Waals surface area contributed by atoms with Crippen LogP contribution >= 0.6 is 0 Å². The average molecular weight is 253 g/mol. The Kier molecular flexibility index (Phi) is 5.69. The van der Waals surface area contributed by atoms with Crippen LogP contribution in [0.2, 0.25) is 0 Å². The highest BCUT2D eigenvalue weighted by Gasteiger charge is 2.19. The largest absolute Gasteiger partial charge is 0.224 e. The van der Waals surface area contributed by atoms with Crippen molar-refractivity contribution in [1.82, 2.24) is 0 Å². The fourth-order valence-electron chi connectivity index (χ4n) is 1.88. The van der Waals surface area contributed by atoms with Gasteiger partial charge in [0.1, 0.15) is 0 Å². The maximum atomic E-state index is 12.2. The van der Waals surface area contributed by atoms with Crippen molar-refractivity contribution in [2.45, 2.75) is 44.4 Å². The van der Waals surface area contributed by atoms with E-state index in [0.29, 0.717) is 4.90 Å². The lowest BCUT2D eigenvalue weighted by Gasteiger charge is -2.14. The van der Waals surface area contributed by atoms with Crippen molar-refractivity contribution in [2.75, 3.05) is 5.75 Å². The highest BCUT2D eigenvalue weighted by Crippen LogP contribution is 2.19. The second-order valence-corrected chi connectivity index (χ2v) is 6.47. The topological polar surface area (TPSA) is 34.1 Å². The van der Waals surface area contributed by atoms with E-state index in [4.69, 9.17) is 0 Å². The Labute approximate surface area is 105 Å². The molecule has 1 aromatic carbocycles. The van der Waals surface area contributed by atoms with Crippen LogP contribution in [0.1, 0.15) is 39.5 Å². The summed E-state index contributed by atoms with van der Waals surface area (Å²) in [5.74, 6) is 0.553. The van der Waals surface area contributed by atoms with E-state index < -0.39 is 9.84 Å². The molecule has 1 aromatic rings. The molecule has 0 fully saturated rings. The number of unbranched alkanes of at least 4 members (excludes halogenated alkanes) is 1. The van der Waals surface area contributed by atoms with Gasteiger partial charge in [-0.05, 0) is 30.5 Å². The molecule has 0 aliphatic carbocycles. The van der Waals surface area contributed by atoms with Crippen LogP contribution in [0.15, 0.2) is 29.2 Å². The molecule has 0 aromatic heterocycles. The molecule has 0 spiro atoms. The van der Waals surface area contributed by atoms with Crippen molar-refractivity contribution in [3.63, 3.8) is 0 Å². The average Bonchev–Trinajstić information content (AvgIpc) is 2.35. The Morgan fingerprint density at radius 2 is 1.88 bits per heavy atom. The lowest BCUT2D eigenvalue weighted by molar-refractivity contribution is 0.483. The molecular formula is C14H21O2S. The van der Waals surface area contributed by atoms with Crippen molar-refractivity contribution in [3.05, 3.63) is 30.3 Å². The minimum Gasteiger partial charge on any atom is -0.224 e. The first-order chi connectivity index (χ1) is 8.10. The molecule has 1 rings (SSSR count). The van der Waals surface area contributed by atoms with Crippen LogP contribution in [-0.2, 0) is 9.84 Å². The third-order valence-electron chi connectivity index (χ3n) is 3.05. The molecule has 0 aliphatic heterocycles. The summed E-state index contributed by atoms with van der Waals surface area (Å²) >= 11 is 0. The number of hydrogen-bond donors (Lipinski definition) is 0. The molecule has 0 saturated heterocycles. The highest BCUT2D eigenvalue weighted by atomic mass is 32.2. The van der Waals surface area contributed by atoms with Gasteiger partial charge in [0.15, 0.2) is 9.84 Å². The van der Waals surface area contributed by atoms with Gasteiger partial charge in [-0.25, -0.2) is 8.42 Å². The van der Waals surface area contributed by atoms with Crippen LogP contribution in [0.4, 0.5) is 0 Å². The van der Waals surface area contributed by atoms with Crippen LogP contribution < -0.4 is 0 Å². The van der Waals surface area contributed by atoms with E-state index in [9.17, 15) is 8.42 Å². The van der Waals surface area contributed by atoms with Gasteiger partial charge in [-0.3, -0.25) is 0 Å². The maximum Gasteiger partial charge on any atom is 0.178 e. The predicted molar refractivity (Wildman–Crippen MR) is 70.6 cm³/mol. The summed E-state index contributed by atoms with van der Waals surface area (Å²) in [5.41, 5.74) is 0. The summed E-state index contributed by atoms with van der Waals surface area (Å²) in [7, 11) is -3.12. The van der Waals surface area contributed by atoms with Gasteiger partial charge in [0, 0.05) is 0 Å². The normalized spacial score (nSPS) is 13.5. The fraction of sp³-hybridized carbons (Fsp3) is 0.571. The monoisotopic (exact) mass is 253 g/mol. The van der Waals surface area contributed by atoms with Crippen molar-refractivity contribution >= 4 is 9.84 Å². The molecule has 1 unspecified atom stereocenters. The minimum absolute atomic E-state index is 0.271. The van der Waals surface area contributed by atoms with Gasteiger partial charge < -0.3 is 0 Å². The lowest BCUT2D eigenvalue weighted by Crippen LogP contribution is -2.16. The molecule has 0 saturated carbocycles. The number of benzene rings is 1. The molecule has 2 nitrogen and oxygen atoms in total. The zero-order chi connectivity index (χ0) is 12.7. The van der Waals surface area contributed by atoms with E-state index in [1.807, 2.05) is 0 Å². The van der Waals surface area contributed by atoms with Crippen molar-refractivity contribution in [1.29, 1.82) is 0 Å². The second-order valence-electron chi connectivity index (χ2n) is 4.43. The van der Waals surface area contributed by atoms with Gasteiger partial charge in [-0.1, -0.05) is 45.2 Å². The molecule has 0 aliphatic rings. The first kappa shape index (κ1) is 14.2. The first-order valence-electron chi connectivity index (χ1n) is 6.29. The standard InChI is InChI=1S/C14H21O2S/c1-3-5-9-13(4-2)12-17(15,16)14-10-7-6-8-11-14/h7-8,10-11,13H,3-5,9,12H2,1-2H3. The van der Waals surface area contributed by atoms with Crippen molar-refractivity contribution in [3.8, 4) is 0 Å².